The maximum atomic E-state index is 13.2. The Kier molecular flexibility index (Phi) is 9.51. The van der Waals surface area contributed by atoms with E-state index in [0.717, 1.165) is 30.7 Å². The van der Waals surface area contributed by atoms with Gasteiger partial charge in [-0.2, -0.15) is 10.6 Å². The number of amides is 2. The third kappa shape index (κ3) is 7.97. The topological polar surface area (TPSA) is 154 Å². The number of nitrogens with zero attached hydrogens (tertiary/aromatic N) is 2. The van der Waals surface area contributed by atoms with E-state index in [1.807, 2.05) is 0 Å². The van der Waals surface area contributed by atoms with Crippen LogP contribution in [-0.4, -0.2) is 69.3 Å². The van der Waals surface area contributed by atoms with Crippen molar-refractivity contribution in [2.45, 2.75) is 55.4 Å². The van der Waals surface area contributed by atoms with Gasteiger partial charge in [0.1, 0.15) is 0 Å². The quantitative estimate of drug-likeness (QED) is 0.144. The molecule has 1 aromatic heterocycles. The van der Waals surface area contributed by atoms with Crippen molar-refractivity contribution in [3.8, 4) is 0 Å². The molecule has 2 heterocycles. The molecule has 0 spiro atoms. The first kappa shape index (κ1) is 27.5. The Morgan fingerprint density at radius 3 is 2.68 bits per heavy atom. The molecule has 1 aliphatic heterocycles. The van der Waals surface area contributed by atoms with E-state index in [1.54, 1.807) is 30.5 Å². The highest BCUT2D eigenvalue weighted by Crippen LogP contribution is 2.61. The van der Waals surface area contributed by atoms with E-state index in [9.17, 15) is 18.7 Å². The second-order valence-corrected chi connectivity index (χ2v) is 12.4. The molecular formula is C24H33N5O6S2. The van der Waals surface area contributed by atoms with Crippen molar-refractivity contribution >= 4 is 44.6 Å². The summed E-state index contributed by atoms with van der Waals surface area (Å²) in [5.74, 6) is -0.525. The van der Waals surface area contributed by atoms with E-state index >= 15 is 0 Å². The number of oxime groups is 1. The van der Waals surface area contributed by atoms with Crippen LogP contribution in [0.4, 0.5) is 5.13 Å². The van der Waals surface area contributed by atoms with Gasteiger partial charge in [-0.25, -0.2) is 4.98 Å². The van der Waals surface area contributed by atoms with Crippen molar-refractivity contribution < 1.29 is 28.3 Å². The van der Waals surface area contributed by atoms with Crippen LogP contribution in [0, 0.1) is 0 Å². The molecule has 0 unspecified atom stereocenters. The average molecular weight is 552 g/mol. The molecule has 1 aliphatic carbocycles. The van der Waals surface area contributed by atoms with Crippen molar-refractivity contribution in [2.24, 2.45) is 5.16 Å². The molecule has 1 aromatic carbocycles. The number of nitrogens with one attached hydrogen (secondary N) is 3. The van der Waals surface area contributed by atoms with Gasteiger partial charge in [0.25, 0.3) is 5.91 Å². The lowest BCUT2D eigenvalue weighted by atomic mass is 10.1. The first-order valence-electron chi connectivity index (χ1n) is 12.2. The van der Waals surface area contributed by atoms with Crippen LogP contribution in [0.15, 0.2) is 40.5 Å². The van der Waals surface area contributed by atoms with Gasteiger partial charge >= 0.3 is 0 Å². The molecule has 0 bridgehead atoms. The minimum Gasteiger partial charge on any atom is -0.389 e. The molecule has 0 radical (unpaired) electrons. The normalized spacial score (nSPS) is 18.5. The number of anilines is 1. The number of aromatic nitrogens is 1. The molecule has 202 valence electrons. The molecule has 37 heavy (non-hydrogen) atoms. The Hall–Kier alpha value is -2.55. The van der Waals surface area contributed by atoms with Crippen LogP contribution in [0.3, 0.4) is 0 Å². The van der Waals surface area contributed by atoms with E-state index in [2.05, 4.69) is 26.1 Å². The predicted molar refractivity (Wildman–Crippen MR) is 143 cm³/mol. The lowest BCUT2D eigenvalue weighted by molar-refractivity contribution is -0.119. The number of rotatable bonds is 13. The second-order valence-electron chi connectivity index (χ2n) is 8.95. The number of thiazole rings is 1. The molecule has 2 aliphatic rings. The van der Waals surface area contributed by atoms with Crippen LogP contribution in [0.2, 0.25) is 0 Å². The molecule has 2 aromatic rings. The molecule has 1 atom stereocenters. The standard InChI is InChI=1S/C24H33N5O6S2/c1-16(30)26-11-2-10-25-13-19-14-27-24(36-19)28-23(31)22(29-35-18-9-12-34-15-18)17-3-5-20(6-4-17)37(32,33)21-7-8-21/h3-6,14,18,21,25,32-33H,2,7-13,15H2,1H3,(H,26,30)(H,27,28,31)/b29-22+/t18-/m1/s1. The summed E-state index contributed by atoms with van der Waals surface area (Å²) in [7, 11) is -2.84. The van der Waals surface area contributed by atoms with Gasteiger partial charge in [-0.15, -0.1) is 11.3 Å². The zero-order valence-electron chi connectivity index (χ0n) is 20.6. The smallest absolute Gasteiger partial charge is 0.280 e. The average Bonchev–Trinajstić information content (AvgIpc) is 3.45. The lowest BCUT2D eigenvalue weighted by Gasteiger charge is -2.32. The van der Waals surface area contributed by atoms with Gasteiger partial charge in [-0.05, 0) is 37.9 Å². The zero-order valence-corrected chi connectivity index (χ0v) is 22.3. The van der Waals surface area contributed by atoms with E-state index in [4.69, 9.17) is 9.57 Å². The molecule has 13 heteroatoms. The van der Waals surface area contributed by atoms with Gasteiger partial charge in [0.2, 0.25) is 5.91 Å². The molecule has 1 saturated carbocycles. The highest BCUT2D eigenvalue weighted by atomic mass is 32.3. The Bertz CT molecular complexity index is 1100. The van der Waals surface area contributed by atoms with E-state index in [-0.39, 0.29) is 23.0 Å². The minimum atomic E-state index is -2.84. The van der Waals surface area contributed by atoms with Crippen LogP contribution in [0.5, 0.6) is 0 Å². The van der Waals surface area contributed by atoms with E-state index < -0.39 is 16.5 Å². The number of ether oxygens (including phenoxy) is 1. The van der Waals surface area contributed by atoms with Crippen molar-refractivity contribution in [1.29, 1.82) is 0 Å². The van der Waals surface area contributed by atoms with Gasteiger partial charge in [-0.3, -0.25) is 24.0 Å². The Labute approximate surface area is 221 Å². The third-order valence-electron chi connectivity index (χ3n) is 5.84. The summed E-state index contributed by atoms with van der Waals surface area (Å²) in [4.78, 5) is 35.4. The fraction of sp³-hybridized carbons (Fsp3) is 0.500. The SMILES string of the molecule is CC(=O)NCCCNCc1cnc(NC(=O)/C(=N/O[C@@H]2CCOC2)c2ccc(S(O)(O)C3CC3)cc2)s1. The van der Waals surface area contributed by atoms with Crippen LogP contribution >= 0.6 is 21.9 Å². The molecule has 2 amide bonds. The predicted octanol–water partition coefficient (Wildman–Crippen LogP) is 3.18. The molecule has 1 saturated heterocycles. The van der Waals surface area contributed by atoms with Crippen molar-refractivity contribution in [2.75, 3.05) is 31.6 Å². The third-order valence-corrected chi connectivity index (χ3v) is 9.12. The van der Waals surface area contributed by atoms with Gasteiger partial charge in [0.15, 0.2) is 16.9 Å². The van der Waals surface area contributed by atoms with Crippen LogP contribution in [0.1, 0.15) is 43.0 Å². The highest BCUT2D eigenvalue weighted by Gasteiger charge is 2.37. The summed E-state index contributed by atoms with van der Waals surface area (Å²) in [6.45, 7) is 4.43. The summed E-state index contributed by atoms with van der Waals surface area (Å²) in [6, 6.07) is 6.56. The number of carbonyl (C=O) groups is 2. The summed E-state index contributed by atoms with van der Waals surface area (Å²) in [5, 5.41) is 13.3. The van der Waals surface area contributed by atoms with Crippen molar-refractivity contribution in [3.63, 3.8) is 0 Å². The lowest BCUT2D eigenvalue weighted by Crippen LogP contribution is -2.25. The first-order valence-corrected chi connectivity index (χ1v) is 14.7. The fourth-order valence-corrected chi connectivity index (χ4v) is 6.14. The number of benzene rings is 1. The van der Waals surface area contributed by atoms with Gasteiger partial charge in [-0.1, -0.05) is 17.3 Å². The Balaban J connectivity index is 1.38. The highest BCUT2D eigenvalue weighted by molar-refractivity contribution is 8.25. The molecule has 11 nitrogen and oxygen atoms in total. The Morgan fingerprint density at radius 2 is 2.00 bits per heavy atom. The van der Waals surface area contributed by atoms with E-state index in [0.29, 0.717) is 48.3 Å². The number of carbonyl (C=O) groups excluding carboxylic acids is 2. The van der Waals surface area contributed by atoms with Crippen LogP contribution in [0.25, 0.3) is 0 Å². The zero-order chi connectivity index (χ0) is 26.3. The minimum absolute atomic E-state index is 0.0436. The van der Waals surface area contributed by atoms with Crippen molar-refractivity contribution in [1.82, 2.24) is 15.6 Å². The van der Waals surface area contributed by atoms with E-state index in [1.165, 1.54) is 18.3 Å². The summed E-state index contributed by atoms with van der Waals surface area (Å²) in [6.07, 6.45) is 4.57. The number of hydrogen-bond acceptors (Lipinski definition) is 10. The van der Waals surface area contributed by atoms with Crippen LogP contribution in [-0.2, 0) is 25.7 Å². The molecular weight excluding hydrogens is 518 g/mol. The summed E-state index contributed by atoms with van der Waals surface area (Å²) in [5.41, 5.74) is 0.554. The number of hydrogen-bond donors (Lipinski definition) is 5. The molecule has 2 fully saturated rings. The second kappa shape index (κ2) is 12.8. The maximum absolute atomic E-state index is 13.2. The molecule has 5 N–H and O–H groups in total. The van der Waals surface area contributed by atoms with Gasteiger partial charge in [0.05, 0.1) is 23.4 Å². The summed E-state index contributed by atoms with van der Waals surface area (Å²) >= 11 is 1.35. The molecule has 4 rings (SSSR count). The van der Waals surface area contributed by atoms with Gasteiger partial charge < -0.3 is 20.2 Å². The Morgan fingerprint density at radius 1 is 1.22 bits per heavy atom. The van der Waals surface area contributed by atoms with Crippen molar-refractivity contribution in [3.05, 3.63) is 40.9 Å². The monoisotopic (exact) mass is 551 g/mol. The summed E-state index contributed by atoms with van der Waals surface area (Å²) < 4.78 is 26.3. The maximum Gasteiger partial charge on any atom is 0.280 e. The van der Waals surface area contributed by atoms with Crippen LogP contribution < -0.4 is 16.0 Å². The van der Waals surface area contributed by atoms with Gasteiger partial charge in [0, 0.05) is 43.1 Å². The fourth-order valence-electron chi connectivity index (χ4n) is 3.64. The largest absolute Gasteiger partial charge is 0.389 e. The first-order chi connectivity index (χ1) is 17.8.